The Kier molecular flexibility index (Phi) is 5.33. The van der Waals surface area contributed by atoms with Crippen LogP contribution in [0.5, 0.6) is 5.75 Å². The summed E-state index contributed by atoms with van der Waals surface area (Å²) in [6.07, 6.45) is 2.73. The van der Waals surface area contributed by atoms with Crippen molar-refractivity contribution in [1.29, 1.82) is 0 Å². The lowest BCUT2D eigenvalue weighted by Crippen LogP contribution is -1.92. The van der Waals surface area contributed by atoms with Gasteiger partial charge < -0.3 is 9.15 Å². The van der Waals surface area contributed by atoms with Gasteiger partial charge in [0.05, 0.1) is 12.7 Å². The average molecular weight is 338 g/mol. The Balaban J connectivity index is 1.83. The van der Waals surface area contributed by atoms with Gasteiger partial charge in [0.15, 0.2) is 0 Å². The van der Waals surface area contributed by atoms with E-state index in [9.17, 15) is 0 Å². The molecule has 0 spiro atoms. The van der Waals surface area contributed by atoms with Crippen LogP contribution in [0.4, 0.5) is 0 Å². The summed E-state index contributed by atoms with van der Waals surface area (Å²) in [6.45, 7) is 3.85. The zero-order chi connectivity index (χ0) is 16.8. The molecule has 0 saturated heterocycles. The van der Waals surface area contributed by atoms with Crippen LogP contribution in [-0.4, -0.2) is 17.3 Å². The molecule has 122 valence electrons. The molecule has 1 heterocycles. The summed E-state index contributed by atoms with van der Waals surface area (Å²) in [4.78, 5) is 0. The molecule has 24 heavy (non-hydrogen) atoms. The molecule has 4 nitrogen and oxygen atoms in total. The van der Waals surface area contributed by atoms with Crippen LogP contribution >= 0.6 is 11.8 Å². The lowest BCUT2D eigenvalue weighted by Gasteiger charge is -2.12. The minimum Gasteiger partial charge on any atom is -0.496 e. The number of benzene rings is 2. The summed E-state index contributed by atoms with van der Waals surface area (Å²) in [5, 5.41) is 9.05. The number of aromatic nitrogens is 2. The molecule has 0 saturated carbocycles. The van der Waals surface area contributed by atoms with Gasteiger partial charge in [-0.3, -0.25) is 0 Å². The molecule has 3 rings (SSSR count). The second-order valence-electron chi connectivity index (χ2n) is 5.11. The van der Waals surface area contributed by atoms with Crippen molar-refractivity contribution in [3.63, 3.8) is 0 Å². The number of rotatable bonds is 7. The zero-order valence-electron chi connectivity index (χ0n) is 13.4. The van der Waals surface area contributed by atoms with Gasteiger partial charge in [0, 0.05) is 5.25 Å². The summed E-state index contributed by atoms with van der Waals surface area (Å²) >= 11 is 1.54. The first-order chi connectivity index (χ1) is 11.8. The van der Waals surface area contributed by atoms with Crippen LogP contribution in [-0.2, 0) is 0 Å². The third-order valence-electron chi connectivity index (χ3n) is 3.54. The first-order valence-corrected chi connectivity index (χ1v) is 8.49. The summed E-state index contributed by atoms with van der Waals surface area (Å²) in [7, 11) is 1.63. The maximum absolute atomic E-state index is 5.84. The summed E-state index contributed by atoms with van der Waals surface area (Å²) in [5.41, 5.74) is 2.00. The molecular formula is C19H18N2O2S. The first kappa shape index (κ1) is 16.3. The molecule has 0 radical (unpaired) electrons. The molecule has 1 atom stereocenters. The minimum absolute atomic E-state index is 0.190. The molecule has 3 aromatic rings. The van der Waals surface area contributed by atoms with Crippen molar-refractivity contribution < 1.29 is 9.15 Å². The van der Waals surface area contributed by atoms with E-state index in [2.05, 4.69) is 28.9 Å². The first-order valence-electron chi connectivity index (χ1n) is 7.61. The van der Waals surface area contributed by atoms with Crippen molar-refractivity contribution in [2.75, 3.05) is 7.11 Å². The normalized spacial score (nSPS) is 11.9. The van der Waals surface area contributed by atoms with E-state index in [4.69, 9.17) is 9.15 Å². The monoisotopic (exact) mass is 338 g/mol. The maximum Gasteiger partial charge on any atom is 0.277 e. The molecule has 0 aliphatic rings. The lowest BCUT2D eigenvalue weighted by atomic mass is 10.1. The van der Waals surface area contributed by atoms with Gasteiger partial charge in [0.25, 0.3) is 11.1 Å². The van der Waals surface area contributed by atoms with Crippen LogP contribution in [0.25, 0.3) is 11.5 Å². The number of thioether (sulfide) groups is 1. The van der Waals surface area contributed by atoms with Gasteiger partial charge in [-0.1, -0.05) is 60.3 Å². The van der Waals surface area contributed by atoms with E-state index in [0.717, 1.165) is 12.0 Å². The highest BCUT2D eigenvalue weighted by atomic mass is 32.2. The summed E-state index contributed by atoms with van der Waals surface area (Å²) in [6, 6.07) is 17.8. The van der Waals surface area contributed by atoms with Gasteiger partial charge in [-0.2, -0.15) is 0 Å². The molecule has 0 aliphatic heterocycles. The van der Waals surface area contributed by atoms with Gasteiger partial charge in [-0.15, -0.1) is 16.8 Å². The van der Waals surface area contributed by atoms with Gasteiger partial charge in [-0.05, 0) is 24.1 Å². The van der Waals surface area contributed by atoms with E-state index in [1.807, 2.05) is 48.5 Å². The Morgan fingerprint density at radius 3 is 2.62 bits per heavy atom. The van der Waals surface area contributed by atoms with E-state index < -0.39 is 0 Å². The third kappa shape index (κ3) is 3.68. The van der Waals surface area contributed by atoms with Gasteiger partial charge in [0.2, 0.25) is 0 Å². The van der Waals surface area contributed by atoms with Crippen molar-refractivity contribution in [3.05, 3.63) is 72.8 Å². The number of allylic oxidation sites excluding steroid dienone is 1. The molecule has 0 bridgehead atoms. The Morgan fingerprint density at radius 2 is 1.88 bits per heavy atom. The highest BCUT2D eigenvalue weighted by molar-refractivity contribution is 7.99. The van der Waals surface area contributed by atoms with Crippen LogP contribution < -0.4 is 4.74 Å². The van der Waals surface area contributed by atoms with Gasteiger partial charge in [0.1, 0.15) is 5.75 Å². The van der Waals surface area contributed by atoms with Gasteiger partial charge >= 0.3 is 0 Å². The SMILES string of the molecule is C=CCC(Sc1nnc(-c2ccccc2OC)o1)c1ccccc1. The number of ether oxygens (including phenoxy) is 1. The largest absolute Gasteiger partial charge is 0.496 e. The highest BCUT2D eigenvalue weighted by Gasteiger charge is 2.18. The second-order valence-corrected chi connectivity index (χ2v) is 6.27. The number of para-hydroxylation sites is 1. The predicted octanol–water partition coefficient (Wildman–Crippen LogP) is 5.15. The van der Waals surface area contributed by atoms with E-state index >= 15 is 0 Å². The average Bonchev–Trinajstić information content (AvgIpc) is 3.10. The standard InChI is InChI=1S/C19H18N2O2S/c1-3-9-17(14-10-5-4-6-11-14)24-19-21-20-18(23-19)15-12-7-8-13-16(15)22-2/h3-8,10-13,17H,1,9H2,2H3. The Bertz CT molecular complexity index is 802. The van der Waals surface area contributed by atoms with Crippen molar-refractivity contribution >= 4 is 11.8 Å². The van der Waals surface area contributed by atoms with Crippen LogP contribution in [0.15, 0.2) is 76.9 Å². The number of hydrogen-bond acceptors (Lipinski definition) is 5. The van der Waals surface area contributed by atoms with E-state index in [1.54, 1.807) is 18.9 Å². The smallest absolute Gasteiger partial charge is 0.277 e. The molecular weight excluding hydrogens is 320 g/mol. The van der Waals surface area contributed by atoms with Crippen molar-refractivity contribution in [3.8, 4) is 17.2 Å². The Hall–Kier alpha value is -2.53. The molecule has 0 N–H and O–H groups in total. The van der Waals surface area contributed by atoms with Crippen LogP contribution in [0.2, 0.25) is 0 Å². The maximum atomic E-state index is 5.84. The third-order valence-corrected chi connectivity index (χ3v) is 4.65. The number of nitrogens with zero attached hydrogens (tertiary/aromatic N) is 2. The van der Waals surface area contributed by atoms with Crippen molar-refractivity contribution in [2.45, 2.75) is 16.9 Å². The van der Waals surface area contributed by atoms with Crippen molar-refractivity contribution in [2.24, 2.45) is 0 Å². The number of hydrogen-bond donors (Lipinski definition) is 0. The fourth-order valence-electron chi connectivity index (χ4n) is 2.38. The minimum atomic E-state index is 0.190. The molecule has 0 amide bonds. The Morgan fingerprint density at radius 1 is 1.12 bits per heavy atom. The fraction of sp³-hybridized carbons (Fsp3) is 0.158. The van der Waals surface area contributed by atoms with E-state index in [0.29, 0.717) is 16.9 Å². The fourth-order valence-corrected chi connectivity index (χ4v) is 3.36. The van der Waals surface area contributed by atoms with Crippen LogP contribution in [0.3, 0.4) is 0 Å². The number of methoxy groups -OCH3 is 1. The topological polar surface area (TPSA) is 48.2 Å². The Labute approximate surface area is 145 Å². The van der Waals surface area contributed by atoms with E-state index in [-0.39, 0.29) is 5.25 Å². The highest BCUT2D eigenvalue weighted by Crippen LogP contribution is 2.39. The lowest BCUT2D eigenvalue weighted by molar-refractivity contribution is 0.411. The second kappa shape index (κ2) is 7.84. The van der Waals surface area contributed by atoms with Crippen LogP contribution in [0.1, 0.15) is 17.2 Å². The predicted molar refractivity (Wildman–Crippen MR) is 96.1 cm³/mol. The molecule has 1 aromatic heterocycles. The molecule has 1 unspecified atom stereocenters. The summed E-state index contributed by atoms with van der Waals surface area (Å²) < 4.78 is 11.2. The van der Waals surface area contributed by atoms with E-state index in [1.165, 1.54) is 5.56 Å². The molecule has 5 heteroatoms. The van der Waals surface area contributed by atoms with Crippen molar-refractivity contribution in [1.82, 2.24) is 10.2 Å². The zero-order valence-corrected chi connectivity index (χ0v) is 14.2. The summed E-state index contributed by atoms with van der Waals surface area (Å²) in [5.74, 6) is 1.17. The molecule has 0 fully saturated rings. The quantitative estimate of drug-likeness (QED) is 0.440. The van der Waals surface area contributed by atoms with Gasteiger partial charge in [-0.25, -0.2) is 0 Å². The molecule has 0 aliphatic carbocycles. The van der Waals surface area contributed by atoms with Crippen LogP contribution in [0, 0.1) is 0 Å². The molecule has 2 aromatic carbocycles.